The fourth-order valence-electron chi connectivity index (χ4n) is 6.56. The van der Waals surface area contributed by atoms with Crippen LogP contribution in [0.2, 0.25) is 0 Å². The van der Waals surface area contributed by atoms with E-state index in [1.807, 2.05) is 0 Å². The molecule has 5 heteroatoms. The Hall–Kier alpha value is -0.550. The Morgan fingerprint density at radius 3 is 2.85 bits per heavy atom. The molecule has 0 spiro atoms. The second kappa shape index (κ2) is 7.12. The number of fused-ring (bicyclic) bond motifs is 5. The first-order valence-electron chi connectivity index (χ1n) is 10.5. The second-order valence-corrected chi connectivity index (χ2v) is 10.7. The van der Waals surface area contributed by atoms with Crippen LogP contribution in [0.25, 0.3) is 0 Å². The largest absolute Gasteiger partial charge is 0.395 e. The molecule has 0 aromatic carbocycles. The van der Waals surface area contributed by atoms with Crippen molar-refractivity contribution >= 4 is 23.3 Å². The van der Waals surface area contributed by atoms with Crippen LogP contribution in [0.4, 0.5) is 0 Å². The van der Waals surface area contributed by atoms with Gasteiger partial charge in [-0.25, -0.2) is 0 Å². The fourth-order valence-corrected chi connectivity index (χ4v) is 8.60. The smallest absolute Gasteiger partial charge is 0.139 e. The molecule has 1 aliphatic heterocycles. The fraction of sp³-hybridized carbons (Fsp3) is 0.905. The van der Waals surface area contributed by atoms with Gasteiger partial charge in [0.1, 0.15) is 12.4 Å². The summed E-state index contributed by atoms with van der Waals surface area (Å²) in [5.41, 5.74) is 7.12. The van der Waals surface area contributed by atoms with Crippen LogP contribution in [0.15, 0.2) is 5.16 Å². The summed E-state index contributed by atoms with van der Waals surface area (Å²) in [6.07, 6.45) is 8.95. The van der Waals surface area contributed by atoms with Gasteiger partial charge in [0.15, 0.2) is 0 Å². The summed E-state index contributed by atoms with van der Waals surface area (Å²) in [5.74, 6) is 3.86. The molecular formula is C21H34N2O2S. The molecule has 6 atom stereocenters. The number of carbonyl (C=O) groups excluding carboxylic acids is 1. The van der Waals surface area contributed by atoms with E-state index in [0.29, 0.717) is 41.4 Å². The number of hydrogen-bond donors (Lipinski definition) is 1. The van der Waals surface area contributed by atoms with Crippen molar-refractivity contribution in [2.75, 3.05) is 18.9 Å². The van der Waals surface area contributed by atoms with Crippen molar-refractivity contribution in [2.24, 2.45) is 39.5 Å². The van der Waals surface area contributed by atoms with Crippen LogP contribution in [0.5, 0.6) is 0 Å². The number of ketones is 1. The minimum atomic E-state index is -0.0261. The maximum Gasteiger partial charge on any atom is 0.139 e. The molecule has 0 radical (unpaired) electrons. The number of rotatable bonds is 3. The molecule has 2 N–H and O–H groups in total. The van der Waals surface area contributed by atoms with Crippen LogP contribution in [-0.2, 0) is 9.63 Å². The Balaban J connectivity index is 1.55. The van der Waals surface area contributed by atoms with Crippen LogP contribution in [0.3, 0.4) is 0 Å². The van der Waals surface area contributed by atoms with E-state index >= 15 is 0 Å². The zero-order valence-electron chi connectivity index (χ0n) is 16.3. The molecule has 4 aliphatic rings. The average Bonchev–Trinajstić information content (AvgIpc) is 2.84. The Morgan fingerprint density at radius 1 is 1.19 bits per heavy atom. The van der Waals surface area contributed by atoms with Crippen LogP contribution in [0.1, 0.15) is 65.2 Å². The molecule has 0 aromatic rings. The van der Waals surface area contributed by atoms with E-state index in [-0.39, 0.29) is 5.41 Å². The van der Waals surface area contributed by atoms with Gasteiger partial charge in [-0.3, -0.25) is 4.79 Å². The van der Waals surface area contributed by atoms with Crippen LogP contribution < -0.4 is 5.73 Å². The van der Waals surface area contributed by atoms with E-state index in [9.17, 15) is 4.79 Å². The van der Waals surface area contributed by atoms with Crippen LogP contribution in [0, 0.1) is 28.6 Å². The number of nitrogens with zero attached hydrogens (tertiary/aromatic N) is 1. The van der Waals surface area contributed by atoms with Gasteiger partial charge in [-0.2, -0.15) is 11.8 Å². The normalized spacial score (nSPS) is 47.0. The van der Waals surface area contributed by atoms with Gasteiger partial charge in [-0.15, -0.1) is 0 Å². The van der Waals surface area contributed by atoms with Gasteiger partial charge in [0.25, 0.3) is 0 Å². The third kappa shape index (κ3) is 2.94. The van der Waals surface area contributed by atoms with E-state index in [0.717, 1.165) is 38.0 Å². The van der Waals surface area contributed by atoms with Gasteiger partial charge >= 0.3 is 0 Å². The van der Waals surface area contributed by atoms with Gasteiger partial charge in [0, 0.05) is 23.6 Å². The highest BCUT2D eigenvalue weighted by atomic mass is 32.2. The number of oxime groups is 1. The van der Waals surface area contributed by atoms with Gasteiger partial charge in [-0.1, -0.05) is 19.0 Å². The lowest BCUT2D eigenvalue weighted by molar-refractivity contribution is -0.129. The SMILES string of the molecule is C[C@]12CC/C(=N/OCCN)CC1CCS[C@@H]1[C@@H]2CC[C@]2(C)C(=O)CC[C@@H]12. The van der Waals surface area contributed by atoms with Crippen molar-refractivity contribution in [3.05, 3.63) is 0 Å². The standard InChI is InChI=1S/C21H34N2O2S/c1-20-8-5-15(23-25-11-10-22)13-14(20)7-12-26-19-16-3-4-18(24)21(16,2)9-6-17(19)20/h14,16-17,19H,3-13,22H2,1-2H3/b23-15-/t14?,16-,17-,19-,20-,21-/m0/s1. The first kappa shape index (κ1) is 18.8. The third-order valence-electron chi connectivity index (χ3n) is 8.30. The van der Waals surface area contributed by atoms with Crippen molar-refractivity contribution in [1.82, 2.24) is 0 Å². The van der Waals surface area contributed by atoms with Crippen LogP contribution >= 0.6 is 11.8 Å². The summed E-state index contributed by atoms with van der Waals surface area (Å²) < 4.78 is 0. The van der Waals surface area contributed by atoms with Crippen LogP contribution in [-0.4, -0.2) is 35.6 Å². The van der Waals surface area contributed by atoms with Crippen molar-refractivity contribution in [3.63, 3.8) is 0 Å². The van der Waals surface area contributed by atoms with Crippen molar-refractivity contribution in [1.29, 1.82) is 0 Å². The van der Waals surface area contributed by atoms with Crippen molar-refractivity contribution in [2.45, 2.75) is 70.5 Å². The lowest BCUT2D eigenvalue weighted by Gasteiger charge is -2.53. The molecular weight excluding hydrogens is 344 g/mol. The van der Waals surface area contributed by atoms with Gasteiger partial charge in [0.2, 0.25) is 0 Å². The molecule has 1 saturated heterocycles. The zero-order chi connectivity index (χ0) is 18.4. The molecule has 26 heavy (non-hydrogen) atoms. The lowest BCUT2D eigenvalue weighted by Crippen LogP contribution is -2.51. The number of Topliss-reactive ketones (excluding diaryl/α,β-unsaturated/α-hetero) is 1. The maximum atomic E-state index is 12.6. The lowest BCUT2D eigenvalue weighted by atomic mass is 9.52. The first-order valence-corrected chi connectivity index (χ1v) is 11.6. The van der Waals surface area contributed by atoms with E-state index in [1.54, 1.807) is 0 Å². The Labute approximate surface area is 162 Å². The number of carbonyl (C=O) groups is 1. The van der Waals surface area contributed by atoms with Crippen molar-refractivity contribution < 1.29 is 9.63 Å². The summed E-state index contributed by atoms with van der Waals surface area (Å²) in [7, 11) is 0. The van der Waals surface area contributed by atoms with Gasteiger partial charge in [0.05, 0.1) is 5.71 Å². The molecule has 3 saturated carbocycles. The van der Waals surface area contributed by atoms with Crippen molar-refractivity contribution in [3.8, 4) is 0 Å². The summed E-state index contributed by atoms with van der Waals surface area (Å²) in [6.45, 7) is 5.87. The number of thioether (sulfide) groups is 1. The maximum absolute atomic E-state index is 12.6. The van der Waals surface area contributed by atoms with E-state index < -0.39 is 0 Å². The number of hydrogen-bond acceptors (Lipinski definition) is 5. The summed E-state index contributed by atoms with van der Waals surface area (Å²) in [4.78, 5) is 17.9. The average molecular weight is 379 g/mol. The number of nitrogens with two attached hydrogens (primary N) is 1. The van der Waals surface area contributed by atoms with Gasteiger partial charge < -0.3 is 10.6 Å². The first-order chi connectivity index (χ1) is 12.5. The Bertz CT molecular complexity index is 595. The third-order valence-corrected chi connectivity index (χ3v) is 9.81. The molecule has 146 valence electrons. The predicted molar refractivity (Wildman–Crippen MR) is 107 cm³/mol. The Morgan fingerprint density at radius 2 is 2.04 bits per heavy atom. The molecule has 1 heterocycles. The predicted octanol–water partition coefficient (Wildman–Crippen LogP) is 4.03. The monoisotopic (exact) mass is 378 g/mol. The molecule has 4 fully saturated rings. The molecule has 0 aromatic heterocycles. The molecule has 4 nitrogen and oxygen atoms in total. The molecule has 4 rings (SSSR count). The molecule has 0 bridgehead atoms. The van der Waals surface area contributed by atoms with E-state index in [2.05, 4.69) is 30.8 Å². The molecule has 1 unspecified atom stereocenters. The van der Waals surface area contributed by atoms with E-state index in [1.165, 1.54) is 30.7 Å². The second-order valence-electron chi connectivity index (χ2n) is 9.44. The molecule has 3 aliphatic carbocycles. The zero-order valence-corrected chi connectivity index (χ0v) is 17.2. The highest BCUT2D eigenvalue weighted by Gasteiger charge is 2.59. The summed E-state index contributed by atoms with van der Waals surface area (Å²) in [5, 5.41) is 5.07. The quantitative estimate of drug-likeness (QED) is 0.595. The summed E-state index contributed by atoms with van der Waals surface area (Å²) in [6, 6.07) is 0. The topological polar surface area (TPSA) is 64.7 Å². The minimum Gasteiger partial charge on any atom is -0.395 e. The van der Waals surface area contributed by atoms with E-state index in [4.69, 9.17) is 10.6 Å². The summed E-state index contributed by atoms with van der Waals surface area (Å²) >= 11 is 2.19. The highest BCUT2D eigenvalue weighted by molar-refractivity contribution is 7.99. The van der Waals surface area contributed by atoms with Gasteiger partial charge in [-0.05, 0) is 73.9 Å². The highest BCUT2D eigenvalue weighted by Crippen LogP contribution is 2.63. The minimum absolute atomic E-state index is 0.0261. The Kier molecular flexibility index (Phi) is 5.15. The molecule has 0 amide bonds.